The minimum atomic E-state index is -0.114. The van der Waals surface area contributed by atoms with Crippen LogP contribution in [0.2, 0.25) is 0 Å². The fraction of sp³-hybridized carbons (Fsp3) is 0.846. The summed E-state index contributed by atoms with van der Waals surface area (Å²) in [4.78, 5) is 14.5. The average Bonchev–Trinajstić information content (AvgIpc) is 2.43. The molecule has 0 saturated carbocycles. The Morgan fingerprint density at radius 1 is 1.47 bits per heavy atom. The van der Waals surface area contributed by atoms with Gasteiger partial charge in [0.05, 0.1) is 9.74 Å². The number of nitrogens with two attached hydrogens (primary N) is 1. The van der Waals surface area contributed by atoms with Crippen molar-refractivity contribution in [1.29, 1.82) is 0 Å². The van der Waals surface area contributed by atoms with Gasteiger partial charge in [0.15, 0.2) is 0 Å². The maximum Gasteiger partial charge on any atom is 0.222 e. The molecule has 0 unspecified atom stereocenters. The van der Waals surface area contributed by atoms with E-state index in [9.17, 15) is 4.79 Å². The van der Waals surface area contributed by atoms with Gasteiger partial charge < -0.3 is 15.4 Å². The lowest BCUT2D eigenvalue weighted by molar-refractivity contribution is -0.132. The number of hydrogen-bond donors (Lipinski definition) is 1. The third-order valence-corrected chi connectivity index (χ3v) is 5.58. The molecule has 6 heteroatoms. The highest BCUT2D eigenvalue weighted by Gasteiger charge is 2.37. The summed E-state index contributed by atoms with van der Waals surface area (Å²) in [6, 6.07) is 0. The van der Waals surface area contributed by atoms with Gasteiger partial charge in [-0.25, -0.2) is 0 Å². The highest BCUT2D eigenvalue weighted by atomic mass is 32.2. The molecule has 1 saturated heterocycles. The molecule has 0 aliphatic carbocycles. The second kappa shape index (κ2) is 8.07. The van der Waals surface area contributed by atoms with Gasteiger partial charge in [0.1, 0.15) is 0 Å². The highest BCUT2D eigenvalue weighted by molar-refractivity contribution is 8.02. The molecule has 1 fully saturated rings. The molecule has 0 aromatic carbocycles. The number of hydrogen-bond acceptors (Lipinski definition) is 4. The Balaban J connectivity index is 2.36. The van der Waals surface area contributed by atoms with Gasteiger partial charge in [-0.05, 0) is 32.4 Å². The molecular formula is C13H24N2O2S2. The van der Waals surface area contributed by atoms with Gasteiger partial charge in [0.2, 0.25) is 5.91 Å². The first kappa shape index (κ1) is 16.7. The number of nitrogens with zero attached hydrogens (tertiary/aromatic N) is 1. The van der Waals surface area contributed by atoms with E-state index in [2.05, 4.69) is 0 Å². The number of carbonyl (C=O) groups excluding carboxylic acids is 1. The van der Waals surface area contributed by atoms with Gasteiger partial charge in [0, 0.05) is 32.7 Å². The Kier molecular flexibility index (Phi) is 7.10. The van der Waals surface area contributed by atoms with Crippen LogP contribution in [-0.4, -0.2) is 53.1 Å². The monoisotopic (exact) mass is 304 g/mol. The summed E-state index contributed by atoms with van der Waals surface area (Å²) in [6.45, 7) is 4.85. The molecule has 0 radical (unpaired) electrons. The van der Waals surface area contributed by atoms with Crippen LogP contribution in [0.25, 0.3) is 0 Å². The minimum Gasteiger partial charge on any atom is -0.392 e. The molecule has 1 aliphatic heterocycles. The fourth-order valence-corrected chi connectivity index (χ4v) is 3.54. The van der Waals surface area contributed by atoms with Gasteiger partial charge in [-0.1, -0.05) is 12.2 Å². The second-order valence-corrected chi connectivity index (χ2v) is 6.37. The van der Waals surface area contributed by atoms with E-state index in [4.69, 9.17) is 22.7 Å². The molecule has 1 rings (SSSR count). The quantitative estimate of drug-likeness (QED) is 0.574. The molecule has 0 spiro atoms. The van der Waals surface area contributed by atoms with Crippen molar-refractivity contribution in [3.8, 4) is 0 Å². The summed E-state index contributed by atoms with van der Waals surface area (Å²) in [5, 5.41) is 0. The van der Waals surface area contributed by atoms with Crippen molar-refractivity contribution in [3.63, 3.8) is 0 Å². The SMILES string of the molecule is CCOCCCC(=O)N1CCC(SC)(C(N)=S)CC1. The number of likely N-dealkylation sites (tertiary alicyclic amines) is 1. The van der Waals surface area contributed by atoms with E-state index in [1.807, 2.05) is 18.1 Å². The molecule has 19 heavy (non-hydrogen) atoms. The lowest BCUT2D eigenvalue weighted by Gasteiger charge is -2.40. The molecule has 4 nitrogen and oxygen atoms in total. The molecule has 2 N–H and O–H groups in total. The second-order valence-electron chi connectivity index (χ2n) is 4.74. The molecule has 0 aromatic rings. The van der Waals surface area contributed by atoms with E-state index in [0.717, 1.165) is 32.4 Å². The maximum absolute atomic E-state index is 12.0. The van der Waals surface area contributed by atoms with E-state index >= 15 is 0 Å². The number of carbonyl (C=O) groups is 1. The summed E-state index contributed by atoms with van der Waals surface area (Å²) in [5.41, 5.74) is 5.84. The van der Waals surface area contributed by atoms with Gasteiger partial charge in [-0.3, -0.25) is 4.79 Å². The van der Waals surface area contributed by atoms with Crippen LogP contribution in [0.5, 0.6) is 0 Å². The summed E-state index contributed by atoms with van der Waals surface area (Å²) in [5.74, 6) is 0.220. The molecule has 1 heterocycles. The average molecular weight is 304 g/mol. The zero-order valence-electron chi connectivity index (χ0n) is 11.8. The Morgan fingerprint density at radius 3 is 2.58 bits per heavy atom. The Bertz CT molecular complexity index is 316. The third kappa shape index (κ3) is 4.61. The van der Waals surface area contributed by atoms with Gasteiger partial charge in [0.25, 0.3) is 0 Å². The molecule has 0 aromatic heterocycles. The van der Waals surface area contributed by atoms with Crippen LogP contribution >= 0.6 is 24.0 Å². The molecule has 0 atom stereocenters. The van der Waals surface area contributed by atoms with Crippen LogP contribution in [0.1, 0.15) is 32.6 Å². The topological polar surface area (TPSA) is 55.6 Å². The van der Waals surface area contributed by atoms with Crippen LogP contribution in [0.3, 0.4) is 0 Å². The van der Waals surface area contributed by atoms with Crippen LogP contribution in [-0.2, 0) is 9.53 Å². The summed E-state index contributed by atoms with van der Waals surface area (Å²) < 4.78 is 5.13. The van der Waals surface area contributed by atoms with E-state index in [-0.39, 0.29) is 10.7 Å². The van der Waals surface area contributed by atoms with Crippen molar-refractivity contribution in [3.05, 3.63) is 0 Å². The van der Waals surface area contributed by atoms with Crippen molar-refractivity contribution >= 4 is 34.9 Å². The fourth-order valence-electron chi connectivity index (χ4n) is 2.30. The number of ether oxygens (including phenoxy) is 1. The zero-order valence-corrected chi connectivity index (χ0v) is 13.4. The third-order valence-electron chi connectivity index (χ3n) is 3.65. The number of thiocarbonyl (C=S) groups is 1. The summed E-state index contributed by atoms with van der Waals surface area (Å²) in [6.07, 6.45) is 5.13. The molecule has 1 amide bonds. The highest BCUT2D eigenvalue weighted by Crippen LogP contribution is 2.35. The maximum atomic E-state index is 12.0. The van der Waals surface area contributed by atoms with Crippen molar-refractivity contribution < 1.29 is 9.53 Å². The number of thioether (sulfide) groups is 1. The first-order valence-corrected chi connectivity index (χ1v) is 8.39. The molecule has 0 bridgehead atoms. The van der Waals surface area contributed by atoms with Crippen LogP contribution < -0.4 is 5.73 Å². The number of piperidine rings is 1. The Labute approximate surface area is 125 Å². The minimum absolute atomic E-state index is 0.114. The predicted octanol–water partition coefficient (Wildman–Crippen LogP) is 1.81. The lowest BCUT2D eigenvalue weighted by atomic mass is 9.95. The van der Waals surface area contributed by atoms with E-state index in [1.165, 1.54) is 0 Å². The Hall–Kier alpha value is -0.330. The van der Waals surface area contributed by atoms with Crippen molar-refractivity contribution in [2.24, 2.45) is 5.73 Å². The first-order valence-electron chi connectivity index (χ1n) is 6.76. The zero-order chi connectivity index (χ0) is 14.3. The van der Waals surface area contributed by atoms with E-state index in [0.29, 0.717) is 24.6 Å². The number of rotatable bonds is 7. The van der Waals surface area contributed by atoms with Crippen molar-refractivity contribution in [2.75, 3.05) is 32.6 Å². The van der Waals surface area contributed by atoms with Crippen LogP contribution in [0.4, 0.5) is 0 Å². The Morgan fingerprint density at radius 2 is 2.11 bits per heavy atom. The standard InChI is InChI=1S/C13H24N2O2S2/c1-3-17-10-4-5-11(16)15-8-6-13(19-2,7-9-15)12(14)18/h3-10H2,1-2H3,(H2,14,18). The molecular weight excluding hydrogens is 280 g/mol. The van der Waals surface area contributed by atoms with Crippen LogP contribution in [0.15, 0.2) is 0 Å². The first-order chi connectivity index (χ1) is 9.05. The van der Waals surface area contributed by atoms with Gasteiger partial charge in [-0.15, -0.1) is 0 Å². The lowest BCUT2D eigenvalue weighted by Crippen LogP contribution is -2.50. The van der Waals surface area contributed by atoms with E-state index in [1.54, 1.807) is 11.8 Å². The summed E-state index contributed by atoms with van der Waals surface area (Å²) in [7, 11) is 0. The van der Waals surface area contributed by atoms with Crippen molar-refractivity contribution in [1.82, 2.24) is 4.90 Å². The number of amides is 1. The van der Waals surface area contributed by atoms with Crippen LogP contribution in [0, 0.1) is 0 Å². The van der Waals surface area contributed by atoms with Gasteiger partial charge in [-0.2, -0.15) is 11.8 Å². The van der Waals surface area contributed by atoms with E-state index < -0.39 is 0 Å². The predicted molar refractivity (Wildman–Crippen MR) is 84.6 cm³/mol. The smallest absolute Gasteiger partial charge is 0.222 e. The molecule has 1 aliphatic rings. The summed E-state index contributed by atoms with van der Waals surface area (Å²) >= 11 is 6.88. The van der Waals surface area contributed by atoms with Crippen molar-refractivity contribution in [2.45, 2.75) is 37.4 Å². The van der Waals surface area contributed by atoms with Gasteiger partial charge >= 0.3 is 0 Å². The largest absolute Gasteiger partial charge is 0.392 e. The normalized spacial score (nSPS) is 18.3. The molecule has 110 valence electrons.